The van der Waals surface area contributed by atoms with Gasteiger partial charge in [0.15, 0.2) is 0 Å². The van der Waals surface area contributed by atoms with Gasteiger partial charge in [-0.25, -0.2) is 4.98 Å². The molecule has 0 fully saturated rings. The first-order chi connectivity index (χ1) is 9.11. The van der Waals surface area contributed by atoms with Gasteiger partial charge in [0, 0.05) is 0 Å². The first-order valence-corrected chi connectivity index (χ1v) is 6.04. The number of ether oxygens (including phenoxy) is 1. The highest BCUT2D eigenvalue weighted by Gasteiger charge is 2.11. The SMILES string of the molecule is CC(C)c1ccccc1Oc1ncc(N)cc1C#N. The van der Waals surface area contributed by atoms with E-state index in [0.29, 0.717) is 22.9 Å². The predicted molar refractivity (Wildman–Crippen MR) is 74.0 cm³/mol. The van der Waals surface area contributed by atoms with Crippen LogP contribution >= 0.6 is 0 Å². The fourth-order valence-electron chi connectivity index (χ4n) is 1.78. The lowest BCUT2D eigenvalue weighted by atomic mass is 10.0. The Morgan fingerprint density at radius 1 is 1.32 bits per heavy atom. The molecule has 0 aliphatic rings. The van der Waals surface area contributed by atoms with Crippen molar-refractivity contribution in [2.24, 2.45) is 0 Å². The molecule has 0 spiro atoms. The topological polar surface area (TPSA) is 71.9 Å². The molecule has 2 rings (SSSR count). The first kappa shape index (κ1) is 12.9. The van der Waals surface area contributed by atoms with Crippen LogP contribution in [0.5, 0.6) is 11.6 Å². The van der Waals surface area contributed by atoms with Gasteiger partial charge in [-0.2, -0.15) is 5.26 Å². The number of hydrogen-bond donors (Lipinski definition) is 1. The zero-order valence-electron chi connectivity index (χ0n) is 10.9. The number of hydrogen-bond acceptors (Lipinski definition) is 4. The summed E-state index contributed by atoms with van der Waals surface area (Å²) in [6.07, 6.45) is 1.48. The van der Waals surface area contributed by atoms with Gasteiger partial charge >= 0.3 is 0 Å². The number of para-hydroxylation sites is 1. The minimum atomic E-state index is 0.282. The summed E-state index contributed by atoms with van der Waals surface area (Å²) < 4.78 is 5.76. The van der Waals surface area contributed by atoms with Crippen LogP contribution in [0, 0.1) is 11.3 Å². The van der Waals surface area contributed by atoms with Crippen LogP contribution < -0.4 is 10.5 Å². The summed E-state index contributed by atoms with van der Waals surface area (Å²) in [6.45, 7) is 4.17. The number of anilines is 1. The van der Waals surface area contributed by atoms with Crippen LogP contribution in [-0.2, 0) is 0 Å². The summed E-state index contributed by atoms with van der Waals surface area (Å²) >= 11 is 0. The Kier molecular flexibility index (Phi) is 3.67. The molecule has 0 aliphatic carbocycles. The van der Waals surface area contributed by atoms with Crippen molar-refractivity contribution in [2.75, 3.05) is 5.73 Å². The van der Waals surface area contributed by atoms with Crippen LogP contribution in [0.2, 0.25) is 0 Å². The Morgan fingerprint density at radius 3 is 2.74 bits per heavy atom. The standard InChI is InChI=1S/C15H15N3O/c1-10(2)13-5-3-4-6-14(13)19-15-11(8-16)7-12(17)9-18-15/h3-7,9-10H,17H2,1-2H3. The normalized spacial score (nSPS) is 10.2. The Balaban J connectivity index is 2.40. The van der Waals surface area contributed by atoms with Gasteiger partial charge < -0.3 is 10.5 Å². The summed E-state index contributed by atoms with van der Waals surface area (Å²) in [5.74, 6) is 1.33. The Morgan fingerprint density at radius 2 is 2.05 bits per heavy atom. The van der Waals surface area contributed by atoms with Crippen LogP contribution in [0.1, 0.15) is 30.9 Å². The summed E-state index contributed by atoms with van der Waals surface area (Å²) in [5, 5.41) is 9.07. The van der Waals surface area contributed by atoms with E-state index in [-0.39, 0.29) is 5.88 Å². The third-order valence-electron chi connectivity index (χ3n) is 2.74. The summed E-state index contributed by atoms with van der Waals surface area (Å²) in [5.41, 5.74) is 7.46. The van der Waals surface area contributed by atoms with Gasteiger partial charge in [0.2, 0.25) is 5.88 Å². The number of nitrogen functional groups attached to an aromatic ring is 1. The third kappa shape index (κ3) is 2.83. The molecule has 2 aromatic rings. The van der Waals surface area contributed by atoms with E-state index in [9.17, 15) is 0 Å². The molecule has 0 unspecified atom stereocenters. The number of benzene rings is 1. The molecule has 0 bridgehead atoms. The molecule has 0 amide bonds. The number of pyridine rings is 1. The molecule has 0 aliphatic heterocycles. The summed E-state index contributed by atoms with van der Waals surface area (Å²) in [7, 11) is 0. The van der Waals surface area contributed by atoms with Crippen LogP contribution in [0.4, 0.5) is 5.69 Å². The smallest absolute Gasteiger partial charge is 0.237 e. The Labute approximate surface area is 112 Å². The molecular weight excluding hydrogens is 238 g/mol. The maximum Gasteiger partial charge on any atom is 0.237 e. The molecule has 1 aromatic heterocycles. The van der Waals surface area contributed by atoms with Crippen molar-refractivity contribution >= 4 is 5.69 Å². The second kappa shape index (κ2) is 5.40. The van der Waals surface area contributed by atoms with Crippen molar-refractivity contribution < 1.29 is 4.74 Å². The number of nitriles is 1. The second-order valence-electron chi connectivity index (χ2n) is 4.53. The minimum absolute atomic E-state index is 0.282. The first-order valence-electron chi connectivity index (χ1n) is 6.04. The maximum atomic E-state index is 9.07. The minimum Gasteiger partial charge on any atom is -0.437 e. The van der Waals surface area contributed by atoms with Crippen LogP contribution in [0.3, 0.4) is 0 Å². The largest absolute Gasteiger partial charge is 0.437 e. The van der Waals surface area contributed by atoms with Gasteiger partial charge in [0.05, 0.1) is 11.9 Å². The van der Waals surface area contributed by atoms with Crippen LogP contribution in [0.15, 0.2) is 36.5 Å². The van der Waals surface area contributed by atoms with E-state index >= 15 is 0 Å². The fraction of sp³-hybridized carbons (Fsp3) is 0.200. The molecule has 1 aromatic carbocycles. The zero-order valence-corrected chi connectivity index (χ0v) is 10.9. The molecule has 4 heteroatoms. The molecule has 0 saturated carbocycles. The lowest BCUT2D eigenvalue weighted by Gasteiger charge is -2.13. The number of nitrogens with two attached hydrogens (primary N) is 1. The molecule has 4 nitrogen and oxygen atoms in total. The van der Waals surface area contributed by atoms with E-state index in [1.807, 2.05) is 30.3 Å². The van der Waals surface area contributed by atoms with E-state index in [2.05, 4.69) is 18.8 Å². The van der Waals surface area contributed by atoms with Gasteiger partial charge in [-0.3, -0.25) is 0 Å². The zero-order chi connectivity index (χ0) is 13.8. The molecule has 2 N–H and O–H groups in total. The Hall–Kier alpha value is -2.54. The third-order valence-corrected chi connectivity index (χ3v) is 2.74. The molecule has 19 heavy (non-hydrogen) atoms. The van der Waals surface area contributed by atoms with E-state index in [1.165, 1.54) is 6.20 Å². The fourth-order valence-corrected chi connectivity index (χ4v) is 1.78. The van der Waals surface area contributed by atoms with Crippen molar-refractivity contribution in [3.05, 3.63) is 47.7 Å². The van der Waals surface area contributed by atoms with E-state index in [0.717, 1.165) is 5.56 Å². The second-order valence-corrected chi connectivity index (χ2v) is 4.53. The van der Waals surface area contributed by atoms with Crippen LogP contribution in [-0.4, -0.2) is 4.98 Å². The molecule has 0 radical (unpaired) electrons. The lowest BCUT2D eigenvalue weighted by Crippen LogP contribution is -1.98. The van der Waals surface area contributed by atoms with Crippen molar-refractivity contribution in [3.8, 4) is 17.7 Å². The quantitative estimate of drug-likeness (QED) is 0.909. The van der Waals surface area contributed by atoms with Crippen molar-refractivity contribution in [1.82, 2.24) is 4.98 Å². The van der Waals surface area contributed by atoms with E-state index in [1.54, 1.807) is 6.07 Å². The van der Waals surface area contributed by atoms with Gasteiger partial charge in [0.25, 0.3) is 0 Å². The van der Waals surface area contributed by atoms with Crippen molar-refractivity contribution in [3.63, 3.8) is 0 Å². The molecular formula is C15H15N3O. The lowest BCUT2D eigenvalue weighted by molar-refractivity contribution is 0.453. The molecule has 96 valence electrons. The average Bonchev–Trinajstić information content (AvgIpc) is 2.41. The van der Waals surface area contributed by atoms with Gasteiger partial charge in [0.1, 0.15) is 17.4 Å². The predicted octanol–water partition coefficient (Wildman–Crippen LogP) is 3.45. The van der Waals surface area contributed by atoms with Crippen LogP contribution in [0.25, 0.3) is 0 Å². The number of nitrogens with zero attached hydrogens (tertiary/aromatic N) is 2. The highest BCUT2D eigenvalue weighted by molar-refractivity contribution is 5.50. The van der Waals surface area contributed by atoms with Crippen molar-refractivity contribution in [1.29, 1.82) is 5.26 Å². The number of rotatable bonds is 3. The molecule has 1 heterocycles. The molecule has 0 saturated heterocycles. The van der Waals surface area contributed by atoms with Gasteiger partial charge in [-0.1, -0.05) is 32.0 Å². The van der Waals surface area contributed by atoms with Crippen molar-refractivity contribution in [2.45, 2.75) is 19.8 Å². The Bertz CT molecular complexity index is 630. The van der Waals surface area contributed by atoms with E-state index in [4.69, 9.17) is 15.7 Å². The van der Waals surface area contributed by atoms with E-state index < -0.39 is 0 Å². The summed E-state index contributed by atoms with van der Waals surface area (Å²) in [6, 6.07) is 11.3. The highest BCUT2D eigenvalue weighted by Crippen LogP contribution is 2.31. The van der Waals surface area contributed by atoms with Gasteiger partial charge in [-0.05, 0) is 23.6 Å². The van der Waals surface area contributed by atoms with Gasteiger partial charge in [-0.15, -0.1) is 0 Å². The highest BCUT2D eigenvalue weighted by atomic mass is 16.5. The number of aromatic nitrogens is 1. The monoisotopic (exact) mass is 253 g/mol. The average molecular weight is 253 g/mol. The summed E-state index contributed by atoms with van der Waals surface area (Å²) in [4.78, 5) is 4.08. The molecule has 0 atom stereocenters. The maximum absolute atomic E-state index is 9.07.